The Labute approximate surface area is 173 Å². The van der Waals surface area contributed by atoms with Crippen molar-refractivity contribution in [2.75, 3.05) is 37.2 Å². The summed E-state index contributed by atoms with van der Waals surface area (Å²) in [4.78, 5) is 19.4. The van der Waals surface area contributed by atoms with Gasteiger partial charge in [0.05, 0.1) is 4.92 Å². The van der Waals surface area contributed by atoms with E-state index in [0.29, 0.717) is 25.7 Å². The second kappa shape index (κ2) is 7.60. The van der Waals surface area contributed by atoms with Gasteiger partial charge < -0.3 is 24.8 Å². The molecular weight excluding hydrogens is 390 g/mol. The quantitative estimate of drug-likeness (QED) is 0.521. The van der Waals surface area contributed by atoms with Crippen molar-refractivity contribution in [3.63, 3.8) is 0 Å². The molecule has 1 saturated heterocycles. The Morgan fingerprint density at radius 2 is 2.00 bits per heavy atom. The van der Waals surface area contributed by atoms with Gasteiger partial charge in [-0.25, -0.2) is 4.98 Å². The van der Waals surface area contributed by atoms with Crippen LogP contribution in [0.1, 0.15) is 31.2 Å². The lowest BCUT2D eigenvalue weighted by Crippen LogP contribution is -2.40. The molecule has 2 aliphatic heterocycles. The summed E-state index contributed by atoms with van der Waals surface area (Å²) < 4.78 is 16.6. The molecular formula is C20H23N5O5. The van der Waals surface area contributed by atoms with Gasteiger partial charge in [0.2, 0.25) is 18.6 Å². The Kier molecular flexibility index (Phi) is 4.78. The molecule has 1 aliphatic carbocycles. The maximum absolute atomic E-state index is 11.3. The third-order valence-corrected chi connectivity index (χ3v) is 5.90. The molecule has 30 heavy (non-hydrogen) atoms. The number of fused-ring (bicyclic) bond motifs is 1. The summed E-state index contributed by atoms with van der Waals surface area (Å²) in [5.41, 5.74) is 0.846. The van der Waals surface area contributed by atoms with Crippen molar-refractivity contribution in [3.05, 3.63) is 40.1 Å². The smallest absolute Gasteiger partial charge is 0.329 e. The zero-order valence-electron chi connectivity index (χ0n) is 16.4. The molecule has 158 valence electrons. The first-order valence-corrected chi connectivity index (χ1v) is 10.1. The van der Waals surface area contributed by atoms with E-state index in [2.05, 4.69) is 26.7 Å². The molecule has 0 radical (unpaired) electrons. The van der Waals surface area contributed by atoms with E-state index in [1.54, 1.807) is 0 Å². The number of anilines is 2. The molecule has 10 nitrogen and oxygen atoms in total. The van der Waals surface area contributed by atoms with Crippen molar-refractivity contribution in [1.29, 1.82) is 0 Å². The summed E-state index contributed by atoms with van der Waals surface area (Å²) in [7, 11) is 0. The molecule has 1 aromatic carbocycles. The van der Waals surface area contributed by atoms with Gasteiger partial charge in [0.25, 0.3) is 0 Å². The molecule has 5 rings (SSSR count). The van der Waals surface area contributed by atoms with Gasteiger partial charge in [-0.15, -0.1) is 0 Å². The summed E-state index contributed by atoms with van der Waals surface area (Å²) in [5, 5.41) is 17.7. The summed E-state index contributed by atoms with van der Waals surface area (Å²) in [6, 6.07) is 6.29. The summed E-state index contributed by atoms with van der Waals surface area (Å²) in [5.74, 6) is 2.14. The van der Waals surface area contributed by atoms with E-state index >= 15 is 0 Å². The van der Waals surface area contributed by atoms with Crippen LogP contribution in [0.5, 0.6) is 11.5 Å². The van der Waals surface area contributed by atoms with Crippen molar-refractivity contribution >= 4 is 17.5 Å². The Hall–Kier alpha value is -3.14. The summed E-state index contributed by atoms with van der Waals surface area (Å²) >= 11 is 0. The highest BCUT2D eigenvalue weighted by Gasteiger charge is 2.36. The Bertz CT molecular complexity index is 959. The highest BCUT2D eigenvalue weighted by atomic mass is 16.7. The average Bonchev–Trinajstić information content (AvgIpc) is 3.45. The van der Waals surface area contributed by atoms with Gasteiger partial charge in [0.1, 0.15) is 6.20 Å². The average molecular weight is 413 g/mol. The van der Waals surface area contributed by atoms with E-state index in [1.165, 1.54) is 6.20 Å². The number of hydrogen-bond donors (Lipinski definition) is 2. The van der Waals surface area contributed by atoms with Gasteiger partial charge >= 0.3 is 5.69 Å². The fraction of sp³-hybridized carbons (Fsp3) is 0.500. The maximum Gasteiger partial charge on any atom is 0.329 e. The molecule has 0 bridgehead atoms. The predicted molar refractivity (Wildman–Crippen MR) is 108 cm³/mol. The molecule has 2 N–H and O–H groups in total. The minimum atomic E-state index is -0.457. The zero-order valence-corrected chi connectivity index (χ0v) is 16.4. The second-order valence-corrected chi connectivity index (χ2v) is 7.92. The lowest BCUT2D eigenvalue weighted by Gasteiger charge is -2.38. The minimum Gasteiger partial charge on any atom is -0.454 e. The Morgan fingerprint density at radius 3 is 2.77 bits per heavy atom. The first-order valence-electron chi connectivity index (χ1n) is 10.1. The highest BCUT2D eigenvalue weighted by molar-refractivity contribution is 5.58. The number of benzene rings is 1. The third kappa shape index (κ3) is 3.70. The Balaban J connectivity index is 1.39. The fourth-order valence-electron chi connectivity index (χ4n) is 3.93. The molecule has 2 fully saturated rings. The van der Waals surface area contributed by atoms with Gasteiger partial charge in [0, 0.05) is 31.2 Å². The van der Waals surface area contributed by atoms with Crippen LogP contribution in [0.2, 0.25) is 0 Å². The van der Waals surface area contributed by atoms with E-state index in [1.807, 2.05) is 12.1 Å². The minimum absolute atomic E-state index is 0.107. The molecule has 3 aliphatic rings. The van der Waals surface area contributed by atoms with E-state index in [0.717, 1.165) is 42.7 Å². The van der Waals surface area contributed by atoms with E-state index in [4.69, 9.17) is 14.2 Å². The van der Waals surface area contributed by atoms with Crippen LogP contribution >= 0.6 is 0 Å². The number of aromatic nitrogens is 2. The topological polar surface area (TPSA) is 121 Å². The van der Waals surface area contributed by atoms with Crippen LogP contribution in [-0.4, -0.2) is 47.5 Å². The van der Waals surface area contributed by atoms with Crippen LogP contribution in [0.15, 0.2) is 24.4 Å². The van der Waals surface area contributed by atoms with Crippen LogP contribution in [0.25, 0.3) is 0 Å². The van der Waals surface area contributed by atoms with Gasteiger partial charge in [-0.3, -0.25) is 10.1 Å². The van der Waals surface area contributed by atoms with E-state index in [-0.39, 0.29) is 29.8 Å². The molecule has 10 heteroatoms. The molecule has 0 atom stereocenters. The lowest BCUT2D eigenvalue weighted by molar-refractivity contribution is -0.384. The first kappa shape index (κ1) is 18.9. The van der Waals surface area contributed by atoms with Crippen molar-refractivity contribution in [2.24, 2.45) is 0 Å². The van der Waals surface area contributed by atoms with Gasteiger partial charge in [0.15, 0.2) is 11.5 Å². The maximum atomic E-state index is 11.3. The highest BCUT2D eigenvalue weighted by Crippen LogP contribution is 2.41. The van der Waals surface area contributed by atoms with Crippen molar-refractivity contribution in [3.8, 4) is 11.5 Å². The fourth-order valence-corrected chi connectivity index (χ4v) is 3.93. The lowest BCUT2D eigenvalue weighted by atomic mass is 9.74. The summed E-state index contributed by atoms with van der Waals surface area (Å²) in [6.45, 7) is 2.13. The molecule has 0 spiro atoms. The first-order chi connectivity index (χ1) is 14.6. The molecule has 1 aromatic heterocycles. The third-order valence-electron chi connectivity index (χ3n) is 5.90. The molecule has 0 unspecified atom stereocenters. The standard InChI is InChI=1S/C20H23N5O5/c26-25(27)15-10-21-19(24-18(15)23-14-2-3-14)22-11-20(5-7-28-8-6-20)13-1-4-16-17(9-13)30-12-29-16/h1,4,9-10,14H,2-3,5-8,11-12H2,(H2,21,22,23,24). The molecule has 3 heterocycles. The largest absolute Gasteiger partial charge is 0.454 e. The van der Waals surface area contributed by atoms with E-state index < -0.39 is 4.92 Å². The van der Waals surface area contributed by atoms with Gasteiger partial charge in [-0.05, 0) is 43.4 Å². The molecule has 0 amide bonds. The van der Waals surface area contributed by atoms with Gasteiger partial charge in [-0.2, -0.15) is 4.98 Å². The van der Waals surface area contributed by atoms with Crippen LogP contribution in [-0.2, 0) is 10.2 Å². The predicted octanol–water partition coefficient (Wildman–Crippen LogP) is 2.85. The zero-order chi connectivity index (χ0) is 20.6. The van der Waals surface area contributed by atoms with Crippen molar-refractivity contribution in [2.45, 2.75) is 37.1 Å². The number of hydrogen-bond acceptors (Lipinski definition) is 9. The normalized spacial score (nSPS) is 19.3. The summed E-state index contributed by atoms with van der Waals surface area (Å²) in [6.07, 6.45) is 4.92. The monoisotopic (exact) mass is 413 g/mol. The van der Waals surface area contributed by atoms with E-state index in [9.17, 15) is 10.1 Å². The van der Waals surface area contributed by atoms with Crippen LogP contribution < -0.4 is 20.1 Å². The SMILES string of the molecule is O=[N+]([O-])c1cnc(NCC2(c3ccc4c(c3)OCO4)CCOCC2)nc1NC1CC1. The number of nitrogens with zero attached hydrogens (tertiary/aromatic N) is 3. The van der Waals surface area contributed by atoms with Crippen LogP contribution in [0.4, 0.5) is 17.5 Å². The number of nitrogens with one attached hydrogen (secondary N) is 2. The molecule has 2 aromatic rings. The van der Waals surface area contributed by atoms with Gasteiger partial charge in [-0.1, -0.05) is 6.07 Å². The molecule has 1 saturated carbocycles. The number of ether oxygens (including phenoxy) is 3. The van der Waals surface area contributed by atoms with Crippen molar-refractivity contribution < 1.29 is 19.1 Å². The number of nitro groups is 1. The second-order valence-electron chi connectivity index (χ2n) is 7.92. The van der Waals surface area contributed by atoms with Crippen LogP contribution in [0.3, 0.4) is 0 Å². The Morgan fingerprint density at radius 1 is 1.20 bits per heavy atom. The van der Waals surface area contributed by atoms with Crippen LogP contribution in [0, 0.1) is 10.1 Å². The number of rotatable bonds is 7. The van der Waals surface area contributed by atoms with Crippen molar-refractivity contribution in [1.82, 2.24) is 9.97 Å².